The van der Waals surface area contributed by atoms with E-state index in [0.717, 1.165) is 0 Å². The summed E-state index contributed by atoms with van der Waals surface area (Å²) in [6.45, 7) is 2.21. The molecule has 1 amide bonds. The third-order valence-corrected chi connectivity index (χ3v) is 3.87. The van der Waals surface area contributed by atoms with Crippen LogP contribution in [0.25, 0.3) is 0 Å². The number of carbonyl (C=O) groups excluding carboxylic acids is 1. The predicted octanol–water partition coefficient (Wildman–Crippen LogP) is -0.0842. The zero-order valence-corrected chi connectivity index (χ0v) is 10.6. The molecule has 6 nitrogen and oxygen atoms in total. The Labute approximate surface area is 100 Å². The van der Waals surface area contributed by atoms with Crippen LogP contribution in [0.15, 0.2) is 23.4 Å². The smallest absolute Gasteiger partial charge is 0.237 e. The molecule has 0 atom stereocenters. The lowest BCUT2D eigenvalue weighted by molar-refractivity contribution is -0.126. The Morgan fingerprint density at radius 2 is 2.18 bits per heavy atom. The maximum absolute atomic E-state index is 11.9. The number of nitrogens with zero attached hydrogens (tertiary/aromatic N) is 2. The van der Waals surface area contributed by atoms with Crippen molar-refractivity contribution in [2.45, 2.75) is 11.9 Å². The van der Waals surface area contributed by atoms with Crippen LogP contribution < -0.4 is 5.73 Å². The van der Waals surface area contributed by atoms with Gasteiger partial charge >= 0.3 is 0 Å². The van der Waals surface area contributed by atoms with E-state index in [1.807, 2.05) is 0 Å². The predicted molar refractivity (Wildman–Crippen MR) is 64.0 cm³/mol. The van der Waals surface area contributed by atoms with E-state index in [-0.39, 0.29) is 10.7 Å². The Kier molecular flexibility index (Phi) is 4.06. The topological polar surface area (TPSA) is 93.4 Å². The van der Waals surface area contributed by atoms with E-state index in [2.05, 4.69) is 4.98 Å². The van der Waals surface area contributed by atoms with Gasteiger partial charge in [-0.1, -0.05) is 0 Å². The number of nitrogens with two attached hydrogens (primary N) is 1. The number of carbonyl (C=O) groups is 1. The number of rotatable bonds is 4. The molecule has 0 aliphatic rings. The molecule has 0 bridgehead atoms. The van der Waals surface area contributed by atoms with Crippen LogP contribution in [0.3, 0.4) is 0 Å². The number of sulfone groups is 1. The van der Waals surface area contributed by atoms with Gasteiger partial charge in [0.25, 0.3) is 0 Å². The maximum Gasteiger partial charge on any atom is 0.237 e. The average Bonchev–Trinajstić information content (AvgIpc) is 2.27. The zero-order valence-electron chi connectivity index (χ0n) is 9.75. The molecule has 0 aromatic carbocycles. The summed E-state index contributed by atoms with van der Waals surface area (Å²) < 4.78 is 23.8. The van der Waals surface area contributed by atoms with Crippen molar-refractivity contribution in [1.82, 2.24) is 9.88 Å². The summed E-state index contributed by atoms with van der Waals surface area (Å²) in [6.07, 6.45) is 1.33. The second-order valence-corrected chi connectivity index (χ2v) is 5.47. The molecule has 1 aromatic heterocycles. The van der Waals surface area contributed by atoms with Gasteiger partial charge in [-0.15, -0.1) is 0 Å². The fourth-order valence-corrected chi connectivity index (χ4v) is 2.51. The van der Waals surface area contributed by atoms with Gasteiger partial charge in [0, 0.05) is 19.8 Å². The van der Waals surface area contributed by atoms with E-state index in [1.54, 1.807) is 14.0 Å². The van der Waals surface area contributed by atoms with Crippen molar-refractivity contribution in [1.29, 1.82) is 0 Å². The summed E-state index contributed by atoms with van der Waals surface area (Å²) in [5, 5.41) is -0.238. The highest BCUT2D eigenvalue weighted by molar-refractivity contribution is 7.92. The van der Waals surface area contributed by atoms with E-state index in [0.29, 0.717) is 6.54 Å². The quantitative estimate of drug-likeness (QED) is 0.814. The molecule has 0 aliphatic heterocycles. The normalized spacial score (nSPS) is 11.2. The first-order valence-corrected chi connectivity index (χ1v) is 6.71. The summed E-state index contributed by atoms with van der Waals surface area (Å²) in [4.78, 5) is 16.6. The lowest BCUT2D eigenvalue weighted by Gasteiger charge is -2.14. The zero-order chi connectivity index (χ0) is 13.1. The summed E-state index contributed by atoms with van der Waals surface area (Å²) >= 11 is 0. The van der Waals surface area contributed by atoms with Crippen molar-refractivity contribution in [3.63, 3.8) is 0 Å². The molecule has 0 saturated heterocycles. The van der Waals surface area contributed by atoms with E-state index in [9.17, 15) is 13.2 Å². The monoisotopic (exact) mass is 257 g/mol. The summed E-state index contributed by atoms with van der Waals surface area (Å²) in [5.74, 6) is -1.09. The summed E-state index contributed by atoms with van der Waals surface area (Å²) in [5.41, 5.74) is 5.58. The Morgan fingerprint density at radius 1 is 1.53 bits per heavy atom. The molecule has 1 rings (SSSR count). The molecule has 94 valence electrons. The third kappa shape index (κ3) is 3.16. The molecule has 1 aromatic rings. The average molecular weight is 257 g/mol. The van der Waals surface area contributed by atoms with Crippen molar-refractivity contribution < 1.29 is 13.2 Å². The van der Waals surface area contributed by atoms with Crippen LogP contribution in [0, 0.1) is 0 Å². The second-order valence-electron chi connectivity index (χ2n) is 3.56. The van der Waals surface area contributed by atoms with Crippen LogP contribution in [0.4, 0.5) is 5.69 Å². The van der Waals surface area contributed by atoms with E-state index in [4.69, 9.17) is 5.73 Å². The van der Waals surface area contributed by atoms with Crippen molar-refractivity contribution in [2.75, 3.05) is 25.1 Å². The van der Waals surface area contributed by atoms with Crippen molar-refractivity contribution in [3.05, 3.63) is 18.3 Å². The van der Waals surface area contributed by atoms with Crippen LogP contribution in [0.1, 0.15) is 6.92 Å². The number of aromatic nitrogens is 1. The first kappa shape index (κ1) is 13.4. The molecule has 1 heterocycles. The summed E-state index contributed by atoms with van der Waals surface area (Å²) in [6, 6.07) is 2.97. The van der Waals surface area contributed by atoms with Gasteiger partial charge in [0.15, 0.2) is 5.03 Å². The number of pyridine rings is 1. The van der Waals surface area contributed by atoms with Gasteiger partial charge in [-0.3, -0.25) is 4.79 Å². The highest BCUT2D eigenvalue weighted by Gasteiger charge is 2.24. The maximum atomic E-state index is 11.9. The first-order valence-electron chi connectivity index (χ1n) is 5.05. The van der Waals surface area contributed by atoms with Crippen molar-refractivity contribution in [2.24, 2.45) is 0 Å². The largest absolute Gasteiger partial charge is 0.396 e. The van der Waals surface area contributed by atoms with Gasteiger partial charge in [-0.25, -0.2) is 13.4 Å². The minimum atomic E-state index is -3.77. The Morgan fingerprint density at radius 3 is 2.71 bits per heavy atom. The number of nitrogen functional groups attached to an aromatic ring is 1. The molecule has 17 heavy (non-hydrogen) atoms. The number of hydrogen-bond donors (Lipinski definition) is 1. The van der Waals surface area contributed by atoms with Gasteiger partial charge in [0.05, 0.1) is 5.69 Å². The fraction of sp³-hybridized carbons (Fsp3) is 0.400. The van der Waals surface area contributed by atoms with Gasteiger partial charge in [-0.05, 0) is 19.1 Å². The van der Waals surface area contributed by atoms with Crippen LogP contribution >= 0.6 is 0 Å². The third-order valence-electron chi connectivity index (χ3n) is 2.31. The minimum absolute atomic E-state index is 0.0550. The lowest BCUT2D eigenvalue weighted by Crippen LogP contribution is -2.32. The van der Waals surface area contributed by atoms with Crippen molar-refractivity contribution in [3.8, 4) is 0 Å². The Bertz CT molecular complexity index is 513. The first-order chi connectivity index (χ1) is 7.88. The van der Waals surface area contributed by atoms with E-state index >= 15 is 0 Å². The van der Waals surface area contributed by atoms with Crippen LogP contribution in [0.5, 0.6) is 0 Å². The molecule has 0 aliphatic carbocycles. The molecule has 0 saturated carbocycles. The highest BCUT2D eigenvalue weighted by Crippen LogP contribution is 2.15. The van der Waals surface area contributed by atoms with Crippen LogP contribution in [-0.2, 0) is 14.6 Å². The van der Waals surface area contributed by atoms with E-state index < -0.39 is 21.5 Å². The highest BCUT2D eigenvalue weighted by atomic mass is 32.2. The van der Waals surface area contributed by atoms with Gasteiger partial charge in [0.2, 0.25) is 15.7 Å². The molecular weight excluding hydrogens is 242 g/mol. The number of hydrogen-bond acceptors (Lipinski definition) is 5. The Hall–Kier alpha value is -1.63. The van der Waals surface area contributed by atoms with Crippen LogP contribution in [-0.4, -0.2) is 43.6 Å². The van der Waals surface area contributed by atoms with Gasteiger partial charge in [0.1, 0.15) is 5.75 Å². The van der Waals surface area contributed by atoms with E-state index in [1.165, 1.54) is 23.2 Å². The number of amides is 1. The van der Waals surface area contributed by atoms with Crippen molar-refractivity contribution >= 4 is 21.4 Å². The molecule has 2 N–H and O–H groups in total. The van der Waals surface area contributed by atoms with Crippen LogP contribution in [0.2, 0.25) is 0 Å². The minimum Gasteiger partial charge on any atom is -0.396 e. The summed E-state index contributed by atoms with van der Waals surface area (Å²) in [7, 11) is -2.23. The Balaban J connectivity index is 2.98. The molecular formula is C10H15N3O3S. The second kappa shape index (κ2) is 5.13. The fourth-order valence-electron chi connectivity index (χ4n) is 1.18. The molecule has 0 radical (unpaired) electrons. The van der Waals surface area contributed by atoms with Gasteiger partial charge in [-0.2, -0.15) is 0 Å². The molecule has 0 spiro atoms. The van der Waals surface area contributed by atoms with Gasteiger partial charge < -0.3 is 10.6 Å². The number of anilines is 1. The lowest BCUT2D eigenvalue weighted by atomic mass is 10.4. The molecule has 0 unspecified atom stereocenters. The molecule has 0 fully saturated rings. The molecule has 7 heteroatoms. The standard InChI is InChI=1S/C10H15N3O3S/c1-3-13(2)9(14)7-17(15,16)10-8(11)5-4-6-12-10/h4-6H,3,7,11H2,1-2H3. The SMILES string of the molecule is CCN(C)C(=O)CS(=O)(=O)c1ncccc1N.